The van der Waals surface area contributed by atoms with Gasteiger partial charge in [0.2, 0.25) is 28.9 Å². The molecule has 22 nitrogen and oxygen atoms in total. The van der Waals surface area contributed by atoms with E-state index in [4.69, 9.17) is 55.9 Å². The van der Waals surface area contributed by atoms with Crippen molar-refractivity contribution in [2.24, 2.45) is 0 Å². The molecule has 5 atom stereocenters. The highest BCUT2D eigenvalue weighted by Crippen LogP contribution is 2.44. The average molecular weight is 894 g/mol. The molecule has 0 N–H and O–H groups in total. The fourth-order valence-corrected chi connectivity index (χ4v) is 6.59. The fourth-order valence-electron chi connectivity index (χ4n) is 5.67. The maximum atomic E-state index is 13.6. The Labute approximate surface area is 358 Å². The first-order chi connectivity index (χ1) is 28.3. The number of tetrazole rings is 1. The van der Waals surface area contributed by atoms with E-state index >= 15 is 0 Å². The molecule has 3 aromatic rings. The van der Waals surface area contributed by atoms with E-state index in [1.54, 1.807) is 48.5 Å². The molecule has 1 aliphatic rings. The normalized spacial score (nSPS) is 19.8. The van der Waals surface area contributed by atoms with Crippen LogP contribution in [-0.2, 0) is 59.0 Å². The lowest BCUT2D eigenvalue weighted by Gasteiger charge is -2.32. The number of rotatable bonds is 15. The van der Waals surface area contributed by atoms with Crippen LogP contribution in [0.3, 0.4) is 0 Å². The van der Waals surface area contributed by atoms with E-state index in [2.05, 4.69) is 55.9 Å². The van der Waals surface area contributed by atoms with Crippen LogP contribution in [0, 0.1) is 12.3 Å². The molecule has 1 fully saturated rings. The number of terminal acetylenes is 1. The van der Waals surface area contributed by atoms with E-state index in [1.807, 2.05) is 0 Å². The molecule has 1 saturated heterocycles. The van der Waals surface area contributed by atoms with Crippen LogP contribution in [0.5, 0.6) is 0 Å². The van der Waals surface area contributed by atoms with Gasteiger partial charge in [0.05, 0.1) is 19.5 Å². The molecular formula is C37H52ClN9O13Si. The zero-order valence-corrected chi connectivity index (χ0v) is 38.0. The number of ether oxygens (including phenoxy) is 8. The Kier molecular flexibility index (Phi) is 15.2. The summed E-state index contributed by atoms with van der Waals surface area (Å²) in [5.74, 6) is -0.911. The molecule has 3 aromatic heterocycles. The lowest BCUT2D eigenvalue weighted by atomic mass is 9.92. The van der Waals surface area contributed by atoms with Gasteiger partial charge < -0.3 is 37.9 Å². The first kappa shape index (κ1) is 48.4. The van der Waals surface area contributed by atoms with Gasteiger partial charge >= 0.3 is 30.1 Å². The molecule has 2 amide bonds. The van der Waals surface area contributed by atoms with Crippen LogP contribution in [0.2, 0.25) is 31.0 Å². The molecule has 61 heavy (non-hydrogen) atoms. The minimum atomic E-state index is -2.24. The van der Waals surface area contributed by atoms with Gasteiger partial charge in [0, 0.05) is 28.5 Å². The van der Waals surface area contributed by atoms with Gasteiger partial charge in [-0.05, 0) is 71.3 Å². The van der Waals surface area contributed by atoms with Crippen molar-refractivity contribution in [3.05, 3.63) is 17.4 Å². The summed E-state index contributed by atoms with van der Waals surface area (Å²) in [6.07, 6.45) is -1.44. The van der Waals surface area contributed by atoms with Crippen LogP contribution < -0.4 is 4.90 Å². The molecule has 0 radical (unpaired) electrons. The maximum Gasteiger partial charge on any atom is 0.425 e. The Hall–Kier alpha value is -5.28. The number of anilines is 1. The molecule has 0 spiro atoms. The summed E-state index contributed by atoms with van der Waals surface area (Å²) < 4.78 is 47.0. The smallest absolute Gasteiger partial charge is 0.425 e. The van der Waals surface area contributed by atoms with Gasteiger partial charge in [0.25, 0.3) is 0 Å². The topological polar surface area (TPSA) is 250 Å². The summed E-state index contributed by atoms with van der Waals surface area (Å²) in [7, 11) is -1.37. The summed E-state index contributed by atoms with van der Waals surface area (Å²) in [5.41, 5.74) is -4.78. The van der Waals surface area contributed by atoms with Gasteiger partial charge in [-0.1, -0.05) is 25.6 Å². The number of hydrogen-bond donors (Lipinski definition) is 0. The first-order valence-electron chi connectivity index (χ1n) is 19.1. The summed E-state index contributed by atoms with van der Waals surface area (Å²) in [6, 6.07) is 0.895. The third kappa shape index (κ3) is 12.4. The van der Waals surface area contributed by atoms with Crippen LogP contribution in [-0.4, -0.2) is 127 Å². The third-order valence-corrected chi connectivity index (χ3v) is 10.0. The van der Waals surface area contributed by atoms with Gasteiger partial charge in [-0.25, -0.2) is 19.4 Å². The van der Waals surface area contributed by atoms with E-state index in [0.29, 0.717) is 11.5 Å². The second-order valence-corrected chi connectivity index (χ2v) is 22.8. The number of amides is 2. The fraction of sp³-hybridized carbons (Fsp3) is 0.649. The molecule has 0 aliphatic carbocycles. The number of carbonyl (C=O) groups is 5. The largest absolute Gasteiger partial charge is 0.464 e. The van der Waals surface area contributed by atoms with E-state index in [1.165, 1.54) is 4.57 Å². The number of hydrogen-bond acceptors (Lipinski definition) is 19. The zero-order chi connectivity index (χ0) is 45.7. The maximum absolute atomic E-state index is 13.6. The molecule has 0 bridgehead atoms. The van der Waals surface area contributed by atoms with Crippen LogP contribution in [0.15, 0.2) is 6.33 Å². The molecule has 1 aliphatic heterocycles. The van der Waals surface area contributed by atoms with Gasteiger partial charge in [0.1, 0.15) is 17.3 Å². The van der Waals surface area contributed by atoms with E-state index in [-0.39, 0.29) is 30.3 Å². The molecular weight excluding hydrogens is 842 g/mol. The third-order valence-electron chi connectivity index (χ3n) is 8.13. The van der Waals surface area contributed by atoms with Crippen molar-refractivity contribution in [1.29, 1.82) is 0 Å². The minimum Gasteiger partial charge on any atom is -0.464 e. The molecule has 334 valence electrons. The Morgan fingerprint density at radius 3 is 2.21 bits per heavy atom. The second-order valence-electron chi connectivity index (χ2n) is 16.8. The van der Waals surface area contributed by atoms with Crippen LogP contribution >= 0.6 is 11.6 Å². The predicted molar refractivity (Wildman–Crippen MR) is 215 cm³/mol. The Bertz CT molecular complexity index is 2110. The minimum absolute atomic E-state index is 0.0374. The Morgan fingerprint density at radius 2 is 1.67 bits per heavy atom. The van der Waals surface area contributed by atoms with Crippen LogP contribution in [0.25, 0.3) is 11.2 Å². The van der Waals surface area contributed by atoms with Crippen molar-refractivity contribution in [2.75, 3.05) is 24.7 Å². The quantitative estimate of drug-likeness (QED) is 0.0507. The van der Waals surface area contributed by atoms with Gasteiger partial charge in [-0.15, -0.1) is 21.4 Å². The van der Waals surface area contributed by atoms with Crippen molar-refractivity contribution in [3.8, 4) is 12.3 Å². The molecule has 0 aromatic carbocycles. The highest BCUT2D eigenvalue weighted by Gasteiger charge is 2.62. The Morgan fingerprint density at radius 1 is 1.03 bits per heavy atom. The van der Waals surface area contributed by atoms with Crippen molar-refractivity contribution >= 4 is 66.8 Å². The lowest BCUT2D eigenvalue weighted by Crippen LogP contribution is -2.53. The predicted octanol–water partition coefficient (Wildman–Crippen LogP) is 4.54. The lowest BCUT2D eigenvalue weighted by molar-refractivity contribution is -0.178. The van der Waals surface area contributed by atoms with Gasteiger partial charge in [-0.2, -0.15) is 14.9 Å². The summed E-state index contributed by atoms with van der Waals surface area (Å²) in [4.78, 5) is 80.4. The number of imidazole rings is 1. The van der Waals surface area contributed by atoms with E-state index in [9.17, 15) is 24.0 Å². The van der Waals surface area contributed by atoms with Gasteiger partial charge in [-0.3, -0.25) is 14.2 Å². The monoisotopic (exact) mass is 893 g/mol. The van der Waals surface area contributed by atoms with Gasteiger partial charge in [0.15, 0.2) is 29.9 Å². The summed E-state index contributed by atoms with van der Waals surface area (Å²) >= 11 is 6.42. The van der Waals surface area contributed by atoms with Crippen LogP contribution in [0.1, 0.15) is 80.5 Å². The number of imide groups is 1. The van der Waals surface area contributed by atoms with Crippen molar-refractivity contribution in [3.63, 3.8) is 0 Å². The standard InChI is InChI=1S/C37H52ClN9O13Si/c1-14-37(58-22(4)49)23(18-55-25(31(50)54-15-2)27-42-44-46(43-27)20-53-16-17-61(11,12)13)57-30(26(37)56-21(3)48)45-19-39-24-28(45)40-32(38)41-29(24)47(33(51)59-35(5,6)7)34(52)60-36(8,9)10/h1,19,23,25-26,30H,15-18,20H2,2-13H3/t23-,25?,26+,30-,37-/m1/s1. The van der Waals surface area contributed by atoms with Crippen molar-refractivity contribution in [1.82, 2.24) is 39.7 Å². The van der Waals surface area contributed by atoms with E-state index < -0.39 is 97.2 Å². The number of aromatic nitrogens is 8. The highest BCUT2D eigenvalue weighted by atomic mass is 35.5. The van der Waals surface area contributed by atoms with E-state index in [0.717, 1.165) is 31.0 Å². The number of carbonyl (C=O) groups excluding carboxylic acids is 5. The molecule has 4 heterocycles. The second kappa shape index (κ2) is 19.2. The Balaban J connectivity index is 1.80. The number of fused-ring (bicyclic) bond motifs is 1. The number of halogens is 1. The molecule has 1 unspecified atom stereocenters. The summed E-state index contributed by atoms with van der Waals surface area (Å²) in [5, 5.41) is 11.7. The molecule has 24 heteroatoms. The zero-order valence-electron chi connectivity index (χ0n) is 36.2. The molecule has 4 rings (SSSR count). The molecule has 0 saturated carbocycles. The van der Waals surface area contributed by atoms with Crippen LogP contribution in [0.4, 0.5) is 15.4 Å². The average Bonchev–Trinajstić information content (AvgIpc) is 3.81. The first-order valence-corrected chi connectivity index (χ1v) is 23.2. The number of esters is 3. The number of nitrogens with zero attached hydrogens (tertiary/aromatic N) is 9. The summed E-state index contributed by atoms with van der Waals surface area (Å²) in [6.45, 7) is 19.6. The SMILES string of the molecule is C#C[C@@]1(OC(C)=O)[C@@H](COC(C(=O)OCC)c2nnn(COCC[Si](C)(C)C)n2)O[C@@H](n2cnc3c(N(C(=O)OC(C)(C)C)C(=O)OC(C)(C)C)nc(Cl)nc32)[C@@H]1OC(C)=O. The van der Waals surface area contributed by atoms with Crippen molar-refractivity contribution in [2.45, 2.75) is 136 Å². The highest BCUT2D eigenvalue weighted by molar-refractivity contribution is 6.76. The van der Waals surface area contributed by atoms with Crippen molar-refractivity contribution < 1.29 is 61.9 Å².